The standard InChI is InChI=1S/C14H14ClN3O/c15-13-11(5-3-6-12(13)16)14(19)18-9-7-10-4-1-2-8-17-10/h1-6,8H,7,9,16H2,(H,18,19). The summed E-state index contributed by atoms with van der Waals surface area (Å²) in [5.74, 6) is -0.228. The lowest BCUT2D eigenvalue weighted by Crippen LogP contribution is -2.26. The molecule has 0 radical (unpaired) electrons. The van der Waals surface area contributed by atoms with Crippen molar-refractivity contribution >= 4 is 23.2 Å². The van der Waals surface area contributed by atoms with Crippen molar-refractivity contribution in [3.63, 3.8) is 0 Å². The van der Waals surface area contributed by atoms with Crippen molar-refractivity contribution in [2.24, 2.45) is 0 Å². The molecule has 0 atom stereocenters. The molecule has 0 saturated heterocycles. The summed E-state index contributed by atoms with van der Waals surface area (Å²) in [4.78, 5) is 16.1. The Morgan fingerprint density at radius 1 is 1.26 bits per heavy atom. The fourth-order valence-corrected chi connectivity index (χ4v) is 1.88. The Kier molecular flexibility index (Phi) is 4.36. The molecule has 2 rings (SSSR count). The molecule has 98 valence electrons. The number of amides is 1. The zero-order chi connectivity index (χ0) is 13.7. The zero-order valence-corrected chi connectivity index (χ0v) is 11.0. The van der Waals surface area contributed by atoms with E-state index in [1.54, 1.807) is 24.4 Å². The van der Waals surface area contributed by atoms with E-state index in [0.29, 0.717) is 24.2 Å². The van der Waals surface area contributed by atoms with Crippen LogP contribution in [0.5, 0.6) is 0 Å². The van der Waals surface area contributed by atoms with Gasteiger partial charge >= 0.3 is 0 Å². The number of rotatable bonds is 4. The van der Waals surface area contributed by atoms with Gasteiger partial charge in [-0.1, -0.05) is 23.7 Å². The molecule has 1 heterocycles. The van der Waals surface area contributed by atoms with Crippen molar-refractivity contribution in [2.75, 3.05) is 12.3 Å². The van der Waals surface area contributed by atoms with E-state index < -0.39 is 0 Å². The highest BCUT2D eigenvalue weighted by Crippen LogP contribution is 2.22. The summed E-state index contributed by atoms with van der Waals surface area (Å²) in [6, 6.07) is 10.7. The van der Waals surface area contributed by atoms with Crippen LogP contribution in [0.15, 0.2) is 42.6 Å². The lowest BCUT2D eigenvalue weighted by Gasteiger charge is -2.07. The second-order valence-electron chi connectivity index (χ2n) is 4.04. The predicted molar refractivity (Wildman–Crippen MR) is 76.1 cm³/mol. The van der Waals surface area contributed by atoms with E-state index in [9.17, 15) is 4.79 Å². The van der Waals surface area contributed by atoms with Crippen LogP contribution in [-0.4, -0.2) is 17.4 Å². The Hall–Kier alpha value is -2.07. The molecule has 2 aromatic rings. The van der Waals surface area contributed by atoms with Gasteiger partial charge in [-0.05, 0) is 24.3 Å². The van der Waals surface area contributed by atoms with E-state index in [4.69, 9.17) is 17.3 Å². The van der Waals surface area contributed by atoms with E-state index in [2.05, 4.69) is 10.3 Å². The zero-order valence-electron chi connectivity index (χ0n) is 10.3. The van der Waals surface area contributed by atoms with Gasteiger partial charge in [0.25, 0.3) is 5.91 Å². The normalized spacial score (nSPS) is 10.2. The highest BCUT2D eigenvalue weighted by atomic mass is 35.5. The Labute approximate surface area is 116 Å². The molecule has 0 fully saturated rings. The molecule has 0 spiro atoms. The first-order valence-electron chi connectivity index (χ1n) is 5.90. The molecule has 0 aliphatic rings. The fraction of sp³-hybridized carbons (Fsp3) is 0.143. The first-order chi connectivity index (χ1) is 9.18. The molecule has 0 aliphatic heterocycles. The number of nitrogen functional groups attached to an aromatic ring is 1. The smallest absolute Gasteiger partial charge is 0.252 e. The SMILES string of the molecule is Nc1cccc(C(=O)NCCc2ccccn2)c1Cl. The lowest BCUT2D eigenvalue weighted by molar-refractivity contribution is 0.0954. The molecule has 5 heteroatoms. The van der Waals surface area contributed by atoms with Gasteiger partial charge in [-0.15, -0.1) is 0 Å². The lowest BCUT2D eigenvalue weighted by atomic mass is 10.2. The van der Waals surface area contributed by atoms with Gasteiger partial charge in [0.2, 0.25) is 0 Å². The van der Waals surface area contributed by atoms with Crippen LogP contribution in [0.25, 0.3) is 0 Å². The summed E-state index contributed by atoms with van der Waals surface area (Å²) in [6.07, 6.45) is 2.40. The van der Waals surface area contributed by atoms with Gasteiger partial charge in [0, 0.05) is 24.9 Å². The van der Waals surface area contributed by atoms with Crippen molar-refractivity contribution < 1.29 is 4.79 Å². The van der Waals surface area contributed by atoms with E-state index in [0.717, 1.165) is 5.69 Å². The van der Waals surface area contributed by atoms with Crippen molar-refractivity contribution in [1.29, 1.82) is 0 Å². The maximum absolute atomic E-state index is 11.9. The van der Waals surface area contributed by atoms with Crippen LogP contribution in [0.4, 0.5) is 5.69 Å². The molecule has 0 saturated carbocycles. The second-order valence-corrected chi connectivity index (χ2v) is 4.41. The molecule has 1 amide bonds. The molecular weight excluding hydrogens is 262 g/mol. The summed E-state index contributed by atoms with van der Waals surface area (Å²) < 4.78 is 0. The molecular formula is C14H14ClN3O. The van der Waals surface area contributed by atoms with Gasteiger partial charge in [-0.2, -0.15) is 0 Å². The number of benzene rings is 1. The number of pyridine rings is 1. The molecule has 0 bridgehead atoms. The molecule has 3 N–H and O–H groups in total. The number of halogens is 1. The minimum Gasteiger partial charge on any atom is -0.398 e. The number of carbonyl (C=O) groups excluding carboxylic acids is 1. The third kappa shape index (κ3) is 3.45. The monoisotopic (exact) mass is 275 g/mol. The van der Waals surface area contributed by atoms with Gasteiger partial charge in [-0.25, -0.2) is 0 Å². The van der Waals surface area contributed by atoms with E-state index in [1.165, 1.54) is 0 Å². The first-order valence-corrected chi connectivity index (χ1v) is 6.28. The van der Waals surface area contributed by atoms with Crippen LogP contribution in [0.1, 0.15) is 16.1 Å². The number of hydrogen-bond donors (Lipinski definition) is 2. The first kappa shape index (κ1) is 13.4. The average molecular weight is 276 g/mol. The predicted octanol–water partition coefficient (Wildman–Crippen LogP) is 2.29. The molecule has 19 heavy (non-hydrogen) atoms. The minimum atomic E-state index is -0.228. The van der Waals surface area contributed by atoms with Gasteiger partial charge in [0.1, 0.15) is 0 Å². The third-order valence-electron chi connectivity index (χ3n) is 2.67. The molecule has 0 aliphatic carbocycles. The van der Waals surface area contributed by atoms with Crippen LogP contribution >= 0.6 is 11.6 Å². The number of nitrogens with two attached hydrogens (primary N) is 1. The summed E-state index contributed by atoms with van der Waals surface area (Å²) >= 11 is 5.99. The second kappa shape index (κ2) is 6.20. The number of carbonyl (C=O) groups is 1. The largest absolute Gasteiger partial charge is 0.398 e. The third-order valence-corrected chi connectivity index (χ3v) is 3.09. The van der Waals surface area contributed by atoms with Crippen molar-refractivity contribution in [1.82, 2.24) is 10.3 Å². The van der Waals surface area contributed by atoms with Gasteiger partial charge in [0.15, 0.2) is 0 Å². The summed E-state index contributed by atoms with van der Waals surface area (Å²) in [7, 11) is 0. The van der Waals surface area contributed by atoms with E-state index >= 15 is 0 Å². The van der Waals surface area contributed by atoms with Crippen LogP contribution in [0.3, 0.4) is 0 Å². The number of nitrogens with one attached hydrogen (secondary N) is 1. The topological polar surface area (TPSA) is 68.0 Å². The fourth-order valence-electron chi connectivity index (χ4n) is 1.67. The van der Waals surface area contributed by atoms with Crippen LogP contribution in [0.2, 0.25) is 5.02 Å². The van der Waals surface area contributed by atoms with Crippen molar-refractivity contribution in [2.45, 2.75) is 6.42 Å². The molecule has 4 nitrogen and oxygen atoms in total. The molecule has 1 aromatic heterocycles. The Bertz CT molecular complexity index is 572. The number of aromatic nitrogens is 1. The van der Waals surface area contributed by atoms with Crippen molar-refractivity contribution in [3.8, 4) is 0 Å². The number of anilines is 1. The Morgan fingerprint density at radius 3 is 2.84 bits per heavy atom. The van der Waals surface area contributed by atoms with Gasteiger partial charge < -0.3 is 11.1 Å². The maximum atomic E-state index is 11.9. The minimum absolute atomic E-state index is 0.228. The summed E-state index contributed by atoms with van der Waals surface area (Å²) in [5.41, 5.74) is 7.38. The maximum Gasteiger partial charge on any atom is 0.252 e. The Morgan fingerprint density at radius 2 is 2.11 bits per heavy atom. The molecule has 0 unspecified atom stereocenters. The number of nitrogens with zero attached hydrogens (tertiary/aromatic N) is 1. The van der Waals surface area contributed by atoms with Crippen LogP contribution in [0, 0.1) is 0 Å². The quantitative estimate of drug-likeness (QED) is 0.841. The van der Waals surface area contributed by atoms with Gasteiger partial charge in [-0.3, -0.25) is 9.78 Å². The average Bonchev–Trinajstić information content (AvgIpc) is 2.43. The summed E-state index contributed by atoms with van der Waals surface area (Å²) in [6.45, 7) is 0.501. The van der Waals surface area contributed by atoms with Crippen LogP contribution in [-0.2, 0) is 6.42 Å². The van der Waals surface area contributed by atoms with Crippen molar-refractivity contribution in [3.05, 3.63) is 58.9 Å². The Balaban J connectivity index is 1.93. The van der Waals surface area contributed by atoms with E-state index in [-0.39, 0.29) is 10.9 Å². The van der Waals surface area contributed by atoms with Crippen LogP contribution < -0.4 is 11.1 Å². The van der Waals surface area contributed by atoms with E-state index in [1.807, 2.05) is 18.2 Å². The number of hydrogen-bond acceptors (Lipinski definition) is 3. The molecule has 1 aromatic carbocycles. The van der Waals surface area contributed by atoms with Gasteiger partial charge in [0.05, 0.1) is 16.3 Å². The highest BCUT2D eigenvalue weighted by molar-refractivity contribution is 6.36. The summed E-state index contributed by atoms with van der Waals surface area (Å²) in [5, 5.41) is 3.09. The highest BCUT2D eigenvalue weighted by Gasteiger charge is 2.11.